The average molecular weight is 633 g/mol. The quantitative estimate of drug-likeness (QED) is 0.0833. The van der Waals surface area contributed by atoms with Gasteiger partial charge in [-0.3, -0.25) is 0 Å². The normalized spacial score (nSPS) is 28.2. The molecule has 0 radical (unpaired) electrons. The van der Waals surface area contributed by atoms with Gasteiger partial charge in [0.05, 0.1) is 6.61 Å². The molecule has 1 nitrogen and oxygen atoms in total. The maximum atomic E-state index is 15.0. The molecular formula is C38H46F6O. The van der Waals surface area contributed by atoms with Crippen LogP contribution in [0.2, 0.25) is 0 Å². The molecule has 0 saturated heterocycles. The van der Waals surface area contributed by atoms with Crippen LogP contribution in [-0.4, -0.2) is 6.61 Å². The topological polar surface area (TPSA) is 9.23 Å². The number of rotatable bonds is 10. The minimum absolute atomic E-state index is 0.0746. The first-order valence-corrected chi connectivity index (χ1v) is 17.0. The lowest BCUT2D eigenvalue weighted by molar-refractivity contribution is 0.141. The van der Waals surface area contributed by atoms with Crippen LogP contribution in [0.25, 0.3) is 5.83 Å². The number of hydrogen-bond acceptors (Lipinski definition) is 1. The Kier molecular flexibility index (Phi) is 11.8. The fourth-order valence-corrected chi connectivity index (χ4v) is 7.96. The molecular weight excluding hydrogens is 586 g/mol. The van der Waals surface area contributed by atoms with Gasteiger partial charge in [0.2, 0.25) is 5.83 Å². The summed E-state index contributed by atoms with van der Waals surface area (Å²) in [6.07, 6.45) is 18.5. The molecule has 3 aliphatic carbocycles. The second kappa shape index (κ2) is 15.7. The molecule has 0 bridgehead atoms. The van der Waals surface area contributed by atoms with Crippen LogP contribution >= 0.6 is 0 Å². The van der Waals surface area contributed by atoms with Gasteiger partial charge in [-0.2, -0.15) is 8.78 Å². The van der Waals surface area contributed by atoms with Crippen molar-refractivity contribution in [1.29, 1.82) is 0 Å². The van der Waals surface area contributed by atoms with E-state index in [9.17, 15) is 22.0 Å². The van der Waals surface area contributed by atoms with Gasteiger partial charge in [-0.15, -0.1) is 0 Å². The molecule has 7 heteroatoms. The van der Waals surface area contributed by atoms with Gasteiger partial charge in [0.15, 0.2) is 17.5 Å². The van der Waals surface area contributed by atoms with E-state index < -0.39 is 35.1 Å². The number of allylic oxidation sites excluding steroid dienone is 2. The molecule has 0 unspecified atom stereocenters. The molecule has 0 heterocycles. The van der Waals surface area contributed by atoms with E-state index in [0.29, 0.717) is 41.2 Å². The highest BCUT2D eigenvalue weighted by molar-refractivity contribution is 5.60. The Bertz CT molecular complexity index is 1300. The largest absolute Gasteiger partial charge is 0.469 e. The summed E-state index contributed by atoms with van der Waals surface area (Å²) in [5.41, 5.74) is 1.03. The van der Waals surface area contributed by atoms with Crippen LogP contribution in [0.15, 0.2) is 48.5 Å². The Balaban J connectivity index is 1.04. The Labute approximate surface area is 264 Å². The molecule has 0 spiro atoms. The predicted molar refractivity (Wildman–Crippen MR) is 167 cm³/mol. The zero-order valence-electron chi connectivity index (χ0n) is 26.3. The molecule has 45 heavy (non-hydrogen) atoms. The van der Waals surface area contributed by atoms with Crippen molar-refractivity contribution >= 4 is 5.83 Å². The van der Waals surface area contributed by atoms with Crippen LogP contribution in [0.4, 0.5) is 26.3 Å². The van der Waals surface area contributed by atoms with Crippen LogP contribution in [0.1, 0.15) is 125 Å². The highest BCUT2D eigenvalue weighted by Gasteiger charge is 2.32. The third kappa shape index (κ3) is 8.56. The van der Waals surface area contributed by atoms with Crippen molar-refractivity contribution in [3.8, 4) is 0 Å². The van der Waals surface area contributed by atoms with Crippen molar-refractivity contribution in [3.63, 3.8) is 0 Å². The Morgan fingerprint density at radius 2 is 1.22 bits per heavy atom. The van der Waals surface area contributed by atoms with Crippen molar-refractivity contribution in [1.82, 2.24) is 0 Å². The van der Waals surface area contributed by atoms with E-state index >= 15 is 4.39 Å². The number of hydrogen-bond donors (Lipinski definition) is 0. The van der Waals surface area contributed by atoms with Gasteiger partial charge in [0.25, 0.3) is 0 Å². The summed E-state index contributed by atoms with van der Waals surface area (Å²) in [7, 11) is 0. The molecule has 0 aromatic heterocycles. The van der Waals surface area contributed by atoms with Crippen molar-refractivity contribution < 1.29 is 31.1 Å². The lowest BCUT2D eigenvalue weighted by atomic mass is 9.68. The first-order chi connectivity index (χ1) is 21.7. The molecule has 2 aromatic carbocycles. The second-order valence-corrected chi connectivity index (χ2v) is 13.6. The van der Waals surface area contributed by atoms with Gasteiger partial charge in [0.1, 0.15) is 5.82 Å². The molecule has 0 amide bonds. The van der Waals surface area contributed by atoms with Gasteiger partial charge in [-0.1, -0.05) is 37.6 Å². The van der Waals surface area contributed by atoms with E-state index in [-0.39, 0.29) is 24.0 Å². The smallest absolute Gasteiger partial charge is 0.309 e. The van der Waals surface area contributed by atoms with Gasteiger partial charge < -0.3 is 4.74 Å². The zero-order valence-corrected chi connectivity index (χ0v) is 26.3. The van der Waals surface area contributed by atoms with Gasteiger partial charge >= 0.3 is 6.01 Å². The van der Waals surface area contributed by atoms with E-state index in [1.165, 1.54) is 31.7 Å². The second-order valence-electron chi connectivity index (χ2n) is 13.6. The molecule has 3 aliphatic rings. The van der Waals surface area contributed by atoms with Crippen molar-refractivity contribution in [2.45, 2.75) is 109 Å². The summed E-state index contributed by atoms with van der Waals surface area (Å²) in [6, 6.07) is 5.17. The fraction of sp³-hybridized carbons (Fsp3) is 0.579. The number of unbranched alkanes of at least 4 members (excludes halogenated alkanes) is 1. The summed E-state index contributed by atoms with van der Waals surface area (Å²) in [4.78, 5) is 0. The first-order valence-electron chi connectivity index (χ1n) is 17.0. The highest BCUT2D eigenvalue weighted by atomic mass is 19.2. The minimum atomic E-state index is -1.40. The molecule has 2 aromatic rings. The van der Waals surface area contributed by atoms with E-state index in [0.717, 1.165) is 76.0 Å². The van der Waals surface area contributed by atoms with Gasteiger partial charge in [0, 0.05) is 5.56 Å². The zero-order chi connectivity index (χ0) is 31.9. The maximum absolute atomic E-state index is 15.0. The predicted octanol–water partition coefficient (Wildman–Crippen LogP) is 12.2. The molecule has 0 N–H and O–H groups in total. The van der Waals surface area contributed by atoms with Crippen LogP contribution in [-0.2, 0) is 4.74 Å². The fourth-order valence-electron chi connectivity index (χ4n) is 7.96. The van der Waals surface area contributed by atoms with E-state index in [1.54, 1.807) is 6.07 Å². The van der Waals surface area contributed by atoms with Gasteiger partial charge in [-0.25, -0.2) is 17.6 Å². The highest BCUT2D eigenvalue weighted by Crippen LogP contribution is 2.45. The maximum Gasteiger partial charge on any atom is 0.309 e. The summed E-state index contributed by atoms with van der Waals surface area (Å²) in [6.45, 7) is 2.02. The molecule has 246 valence electrons. The Morgan fingerprint density at radius 3 is 1.78 bits per heavy atom. The summed E-state index contributed by atoms with van der Waals surface area (Å²) in [5, 5.41) is 0. The number of halogens is 6. The summed E-state index contributed by atoms with van der Waals surface area (Å²) in [5.74, 6) is -2.66. The summed E-state index contributed by atoms with van der Waals surface area (Å²) >= 11 is 0. The summed E-state index contributed by atoms with van der Waals surface area (Å²) < 4.78 is 88.9. The van der Waals surface area contributed by atoms with E-state index in [2.05, 4.69) is 12.2 Å². The number of ether oxygens (including phenoxy) is 1. The molecule has 3 fully saturated rings. The standard InChI is InChI=1S/C38H46F6O/c1-2-3-20-45-38(44)36(42)30-18-19-32(33(39)21-30)29-16-14-27(15-17-29)26-10-6-24(7-11-26)4-5-25-8-12-28(13-9-25)31-22-34(40)37(43)35(41)23-31/h4-5,18-19,21-29H,2-3,6-17,20H2,1H3. The first kappa shape index (κ1) is 33.7. The molecule has 5 rings (SSSR count). The Hall–Kier alpha value is -2.70. The lowest BCUT2D eigenvalue weighted by Crippen LogP contribution is -2.25. The van der Waals surface area contributed by atoms with Crippen molar-refractivity contribution in [3.05, 3.63) is 88.5 Å². The Morgan fingerprint density at radius 1 is 0.689 bits per heavy atom. The van der Waals surface area contributed by atoms with Gasteiger partial charge in [-0.05, 0) is 148 Å². The van der Waals surface area contributed by atoms with Crippen molar-refractivity contribution in [2.75, 3.05) is 6.61 Å². The average Bonchev–Trinajstić information content (AvgIpc) is 3.06. The third-order valence-corrected chi connectivity index (χ3v) is 10.8. The van der Waals surface area contributed by atoms with Crippen LogP contribution in [0, 0.1) is 46.9 Å². The minimum Gasteiger partial charge on any atom is -0.469 e. The van der Waals surface area contributed by atoms with Crippen LogP contribution < -0.4 is 0 Å². The van der Waals surface area contributed by atoms with Crippen LogP contribution in [0.5, 0.6) is 0 Å². The SMILES string of the molecule is CCCCOC(F)=C(F)c1ccc(C2CCC(C3CCC(C=CC4CCC(c5cc(F)c(F)c(F)c5)CC4)CC3)CC2)c(F)c1. The number of benzene rings is 2. The molecule has 0 atom stereocenters. The van der Waals surface area contributed by atoms with E-state index in [1.807, 2.05) is 6.92 Å². The monoisotopic (exact) mass is 632 g/mol. The molecule has 0 aliphatic heterocycles. The molecule has 3 saturated carbocycles. The van der Waals surface area contributed by atoms with E-state index in [4.69, 9.17) is 4.74 Å². The van der Waals surface area contributed by atoms with Crippen molar-refractivity contribution in [2.24, 2.45) is 23.7 Å². The van der Waals surface area contributed by atoms with Crippen LogP contribution in [0.3, 0.4) is 0 Å². The lowest BCUT2D eigenvalue weighted by Gasteiger charge is -2.37. The third-order valence-electron chi connectivity index (χ3n) is 10.8.